The summed E-state index contributed by atoms with van der Waals surface area (Å²) in [5.41, 5.74) is 1.67. The van der Waals surface area contributed by atoms with Crippen LogP contribution in [0.2, 0.25) is 0 Å². The van der Waals surface area contributed by atoms with Gasteiger partial charge in [-0.1, -0.05) is 48.2 Å². The van der Waals surface area contributed by atoms with E-state index in [-0.39, 0.29) is 0 Å². The van der Waals surface area contributed by atoms with E-state index >= 15 is 0 Å². The molecule has 0 bridgehead atoms. The fraction of sp³-hybridized carbons (Fsp3) is 0.688. The molecule has 0 amide bonds. The number of nitrogens with zero attached hydrogens (tertiary/aromatic N) is 2. The van der Waals surface area contributed by atoms with Crippen molar-refractivity contribution in [3.63, 3.8) is 0 Å². The van der Waals surface area contributed by atoms with Crippen LogP contribution in [0.1, 0.15) is 44.7 Å². The predicted octanol–water partition coefficient (Wildman–Crippen LogP) is 4.25. The largest absolute Gasteiger partial charge is 0.297 e. The number of rotatable bonds is 6. The van der Waals surface area contributed by atoms with Crippen molar-refractivity contribution in [3.05, 3.63) is 30.1 Å². The molecule has 0 unspecified atom stereocenters. The van der Waals surface area contributed by atoms with Crippen LogP contribution >= 0.6 is 15.9 Å². The van der Waals surface area contributed by atoms with Crippen molar-refractivity contribution in [1.82, 2.24) is 9.88 Å². The van der Waals surface area contributed by atoms with Gasteiger partial charge in [0, 0.05) is 24.6 Å². The maximum Gasteiger partial charge on any atom is 0.0543 e. The van der Waals surface area contributed by atoms with Crippen LogP contribution in [0.3, 0.4) is 0 Å². The van der Waals surface area contributed by atoms with Crippen LogP contribution in [0.5, 0.6) is 0 Å². The standard InChI is InChI=1S/C16H25BrN2/c1-2-19(12-15-8-4-7-11-18-15)14-16(13-17)9-5-3-6-10-16/h4,7-8,11H,2-3,5-6,9-10,12-14H2,1H3. The Labute approximate surface area is 125 Å². The van der Waals surface area contributed by atoms with Crippen molar-refractivity contribution in [2.45, 2.75) is 45.6 Å². The van der Waals surface area contributed by atoms with E-state index in [1.165, 1.54) is 44.3 Å². The van der Waals surface area contributed by atoms with E-state index in [4.69, 9.17) is 0 Å². The van der Waals surface area contributed by atoms with Crippen LogP contribution in [-0.2, 0) is 6.54 Å². The molecule has 0 radical (unpaired) electrons. The molecule has 2 nitrogen and oxygen atoms in total. The van der Waals surface area contributed by atoms with Crippen molar-refractivity contribution in [3.8, 4) is 0 Å². The normalized spacial score (nSPS) is 18.7. The molecule has 1 fully saturated rings. The highest BCUT2D eigenvalue weighted by molar-refractivity contribution is 9.09. The number of pyridine rings is 1. The van der Waals surface area contributed by atoms with Crippen molar-refractivity contribution >= 4 is 15.9 Å². The van der Waals surface area contributed by atoms with Crippen LogP contribution in [0.4, 0.5) is 0 Å². The van der Waals surface area contributed by atoms with Gasteiger partial charge in [-0.05, 0) is 36.9 Å². The van der Waals surface area contributed by atoms with E-state index < -0.39 is 0 Å². The van der Waals surface area contributed by atoms with Crippen molar-refractivity contribution in [1.29, 1.82) is 0 Å². The quantitative estimate of drug-likeness (QED) is 0.727. The van der Waals surface area contributed by atoms with E-state index in [1.54, 1.807) is 0 Å². The van der Waals surface area contributed by atoms with Crippen molar-refractivity contribution in [2.75, 3.05) is 18.4 Å². The van der Waals surface area contributed by atoms with Gasteiger partial charge in [-0.2, -0.15) is 0 Å². The molecule has 1 aromatic rings. The summed E-state index contributed by atoms with van der Waals surface area (Å²) in [6.45, 7) is 5.54. The third-order valence-corrected chi connectivity index (χ3v) is 5.51. The zero-order chi connectivity index (χ0) is 13.6. The molecule has 1 saturated carbocycles. The molecule has 0 N–H and O–H groups in total. The van der Waals surface area contributed by atoms with E-state index in [9.17, 15) is 0 Å². The lowest BCUT2D eigenvalue weighted by Crippen LogP contribution is -2.40. The molecule has 3 heteroatoms. The molecule has 106 valence electrons. The Bertz CT molecular complexity index is 360. The lowest BCUT2D eigenvalue weighted by molar-refractivity contribution is 0.125. The topological polar surface area (TPSA) is 16.1 Å². The van der Waals surface area contributed by atoms with E-state index in [1.807, 2.05) is 12.3 Å². The highest BCUT2D eigenvalue weighted by Crippen LogP contribution is 2.38. The Balaban J connectivity index is 1.97. The number of hydrogen-bond acceptors (Lipinski definition) is 2. The molecule has 0 spiro atoms. The first-order valence-corrected chi connectivity index (χ1v) is 8.58. The van der Waals surface area contributed by atoms with Gasteiger partial charge < -0.3 is 0 Å². The van der Waals surface area contributed by atoms with Crippen LogP contribution < -0.4 is 0 Å². The van der Waals surface area contributed by atoms with E-state index in [0.29, 0.717) is 5.41 Å². The van der Waals surface area contributed by atoms with Gasteiger partial charge in [0.1, 0.15) is 0 Å². The lowest BCUT2D eigenvalue weighted by Gasteiger charge is -2.39. The third kappa shape index (κ3) is 4.28. The summed E-state index contributed by atoms with van der Waals surface area (Å²) in [5, 5.41) is 1.14. The maximum absolute atomic E-state index is 4.45. The highest BCUT2D eigenvalue weighted by Gasteiger charge is 2.32. The van der Waals surface area contributed by atoms with E-state index in [2.05, 4.69) is 44.9 Å². The monoisotopic (exact) mass is 324 g/mol. The predicted molar refractivity (Wildman–Crippen MR) is 84.5 cm³/mol. The van der Waals surface area contributed by atoms with Gasteiger partial charge >= 0.3 is 0 Å². The van der Waals surface area contributed by atoms with Gasteiger partial charge in [-0.3, -0.25) is 9.88 Å². The molecule has 1 aliphatic rings. The second-order valence-corrected chi connectivity index (χ2v) is 6.38. The Morgan fingerprint density at radius 1 is 1.26 bits per heavy atom. The van der Waals surface area contributed by atoms with Gasteiger partial charge in [0.2, 0.25) is 0 Å². The van der Waals surface area contributed by atoms with Gasteiger partial charge in [0.05, 0.1) is 5.69 Å². The summed E-state index contributed by atoms with van der Waals surface area (Å²) < 4.78 is 0. The second-order valence-electron chi connectivity index (χ2n) is 5.82. The number of alkyl halides is 1. The molecule has 19 heavy (non-hydrogen) atoms. The molecule has 1 aliphatic carbocycles. The summed E-state index contributed by atoms with van der Waals surface area (Å²) in [6, 6.07) is 6.20. The Morgan fingerprint density at radius 2 is 2.05 bits per heavy atom. The molecule has 0 atom stereocenters. The SMILES string of the molecule is CCN(Cc1ccccn1)CC1(CBr)CCCCC1. The molecule has 0 aromatic carbocycles. The Morgan fingerprint density at radius 3 is 2.63 bits per heavy atom. The van der Waals surface area contributed by atoms with Gasteiger partial charge in [0.15, 0.2) is 0 Å². The summed E-state index contributed by atoms with van der Waals surface area (Å²) in [5.74, 6) is 0. The minimum atomic E-state index is 0.489. The molecule has 0 saturated heterocycles. The van der Waals surface area contributed by atoms with Crippen LogP contribution in [0.15, 0.2) is 24.4 Å². The average molecular weight is 325 g/mol. The Kier molecular flexibility index (Phi) is 5.83. The van der Waals surface area contributed by atoms with Crippen LogP contribution in [0, 0.1) is 5.41 Å². The smallest absolute Gasteiger partial charge is 0.0543 e. The summed E-state index contributed by atoms with van der Waals surface area (Å²) in [4.78, 5) is 7.01. The number of halogens is 1. The first kappa shape index (κ1) is 15.0. The molecular weight excluding hydrogens is 300 g/mol. The van der Waals surface area contributed by atoms with Gasteiger partial charge in [-0.15, -0.1) is 0 Å². The zero-order valence-electron chi connectivity index (χ0n) is 11.9. The summed E-state index contributed by atoms with van der Waals surface area (Å²) in [6.07, 6.45) is 8.85. The fourth-order valence-electron chi connectivity index (χ4n) is 3.11. The molecule has 1 aromatic heterocycles. The molecular formula is C16H25BrN2. The molecule has 1 heterocycles. The van der Waals surface area contributed by atoms with Crippen molar-refractivity contribution < 1.29 is 0 Å². The molecule has 2 rings (SSSR count). The fourth-order valence-corrected chi connectivity index (χ4v) is 3.85. The molecule has 0 aliphatic heterocycles. The Hall–Kier alpha value is -0.410. The van der Waals surface area contributed by atoms with Crippen LogP contribution in [0.25, 0.3) is 0 Å². The number of hydrogen-bond donors (Lipinski definition) is 0. The lowest BCUT2D eigenvalue weighted by atomic mass is 9.75. The second kappa shape index (κ2) is 7.39. The summed E-state index contributed by atoms with van der Waals surface area (Å²) in [7, 11) is 0. The van der Waals surface area contributed by atoms with Crippen LogP contribution in [-0.4, -0.2) is 28.3 Å². The first-order valence-electron chi connectivity index (χ1n) is 7.46. The third-order valence-electron chi connectivity index (χ3n) is 4.32. The minimum Gasteiger partial charge on any atom is -0.297 e. The van der Waals surface area contributed by atoms with Crippen molar-refractivity contribution in [2.24, 2.45) is 5.41 Å². The van der Waals surface area contributed by atoms with E-state index in [0.717, 1.165) is 18.4 Å². The summed E-state index contributed by atoms with van der Waals surface area (Å²) >= 11 is 3.77. The minimum absolute atomic E-state index is 0.489. The zero-order valence-corrected chi connectivity index (χ0v) is 13.5. The highest BCUT2D eigenvalue weighted by atomic mass is 79.9. The average Bonchev–Trinajstić information content (AvgIpc) is 2.48. The van der Waals surface area contributed by atoms with Gasteiger partial charge in [-0.25, -0.2) is 0 Å². The number of aromatic nitrogens is 1. The first-order chi connectivity index (χ1) is 9.28. The van der Waals surface area contributed by atoms with Gasteiger partial charge in [0.25, 0.3) is 0 Å². The maximum atomic E-state index is 4.45.